The highest BCUT2D eigenvalue weighted by molar-refractivity contribution is 5.77. The number of hydrogen-bond donors (Lipinski definition) is 1. The van der Waals surface area contributed by atoms with Crippen LogP contribution in [0.3, 0.4) is 0 Å². The Morgan fingerprint density at radius 1 is 1.19 bits per heavy atom. The highest BCUT2D eigenvalue weighted by atomic mass is 16.5. The molecule has 0 bridgehead atoms. The van der Waals surface area contributed by atoms with Crippen LogP contribution >= 0.6 is 0 Å². The molecule has 0 atom stereocenters. The lowest BCUT2D eigenvalue weighted by Gasteiger charge is -2.28. The molecule has 124 valence electrons. The predicted molar refractivity (Wildman–Crippen MR) is 84.7 cm³/mol. The monoisotopic (exact) mass is 300 g/mol. The first-order chi connectivity index (χ1) is 9.71. The van der Waals surface area contributed by atoms with Gasteiger partial charge in [0, 0.05) is 19.5 Å². The smallest absolute Gasteiger partial charge is 0.307 e. The van der Waals surface area contributed by atoms with E-state index in [0.717, 1.165) is 12.8 Å². The molecule has 5 nitrogen and oxygen atoms in total. The van der Waals surface area contributed by atoms with Gasteiger partial charge in [-0.05, 0) is 30.7 Å². The van der Waals surface area contributed by atoms with Crippen LogP contribution in [-0.4, -0.2) is 43.5 Å². The third kappa shape index (κ3) is 9.45. The van der Waals surface area contributed by atoms with E-state index < -0.39 is 0 Å². The molecule has 2 N–H and O–H groups in total. The second-order valence-corrected chi connectivity index (χ2v) is 6.76. The summed E-state index contributed by atoms with van der Waals surface area (Å²) < 4.78 is 4.64. The number of hydrogen-bond acceptors (Lipinski definition) is 4. The first-order valence-electron chi connectivity index (χ1n) is 7.76. The fraction of sp³-hybridized carbons (Fsp3) is 0.875. The lowest BCUT2D eigenvalue weighted by atomic mass is 9.84. The number of esters is 1. The molecule has 0 aromatic rings. The lowest BCUT2D eigenvalue weighted by Crippen LogP contribution is -2.36. The Balaban J connectivity index is 4.46. The number of nitrogens with two attached hydrogens (primary N) is 1. The molecule has 0 radical (unpaired) electrons. The zero-order chi connectivity index (χ0) is 16.5. The van der Waals surface area contributed by atoms with E-state index in [0.29, 0.717) is 32.0 Å². The van der Waals surface area contributed by atoms with Gasteiger partial charge in [-0.15, -0.1) is 0 Å². The van der Waals surface area contributed by atoms with Crippen molar-refractivity contribution in [3.63, 3.8) is 0 Å². The number of ether oxygens (including phenoxy) is 1. The van der Waals surface area contributed by atoms with Crippen molar-refractivity contribution in [2.75, 3.05) is 26.7 Å². The third-order valence-corrected chi connectivity index (χ3v) is 3.59. The molecule has 21 heavy (non-hydrogen) atoms. The standard InChI is InChI=1S/C16H32N2O3/c1-13(2)12-18(11-7-15(20)21-5)14(19)6-8-16(3,4)9-10-17/h13H,6-12,17H2,1-5H3. The van der Waals surface area contributed by atoms with Crippen LogP contribution in [0.4, 0.5) is 0 Å². The minimum Gasteiger partial charge on any atom is -0.469 e. The Hall–Kier alpha value is -1.10. The first kappa shape index (κ1) is 19.9. The molecule has 5 heteroatoms. The maximum Gasteiger partial charge on any atom is 0.307 e. The SMILES string of the molecule is COC(=O)CCN(CC(C)C)C(=O)CCC(C)(C)CCN. The Bertz CT molecular complexity index is 327. The van der Waals surface area contributed by atoms with Crippen LogP contribution in [0.25, 0.3) is 0 Å². The number of methoxy groups -OCH3 is 1. The summed E-state index contributed by atoms with van der Waals surface area (Å²) >= 11 is 0. The van der Waals surface area contributed by atoms with Gasteiger partial charge in [0.1, 0.15) is 0 Å². The topological polar surface area (TPSA) is 72.6 Å². The molecule has 0 saturated carbocycles. The van der Waals surface area contributed by atoms with Crippen molar-refractivity contribution in [2.24, 2.45) is 17.1 Å². The largest absolute Gasteiger partial charge is 0.469 e. The van der Waals surface area contributed by atoms with E-state index in [1.165, 1.54) is 7.11 Å². The molecule has 0 unspecified atom stereocenters. The van der Waals surface area contributed by atoms with Gasteiger partial charge in [-0.1, -0.05) is 27.7 Å². The van der Waals surface area contributed by atoms with E-state index in [1.54, 1.807) is 4.90 Å². The molecule has 0 heterocycles. The summed E-state index contributed by atoms with van der Waals surface area (Å²) in [5.74, 6) is 0.210. The molecule has 0 aromatic carbocycles. The van der Waals surface area contributed by atoms with Crippen molar-refractivity contribution in [1.29, 1.82) is 0 Å². The van der Waals surface area contributed by atoms with Gasteiger partial charge < -0.3 is 15.4 Å². The maximum absolute atomic E-state index is 12.4. The summed E-state index contributed by atoms with van der Waals surface area (Å²) in [6.45, 7) is 10.1. The molecule has 0 saturated heterocycles. The van der Waals surface area contributed by atoms with Crippen LogP contribution < -0.4 is 5.73 Å². The Morgan fingerprint density at radius 2 is 1.81 bits per heavy atom. The van der Waals surface area contributed by atoms with Crippen molar-refractivity contribution in [1.82, 2.24) is 4.90 Å². The summed E-state index contributed by atoms with van der Waals surface area (Å²) in [4.78, 5) is 25.4. The molecule has 0 aliphatic rings. The van der Waals surface area contributed by atoms with Crippen LogP contribution in [0, 0.1) is 11.3 Å². The van der Waals surface area contributed by atoms with Crippen molar-refractivity contribution < 1.29 is 14.3 Å². The molecule has 0 aromatic heterocycles. The minimum atomic E-state index is -0.278. The fourth-order valence-electron chi connectivity index (χ4n) is 2.21. The van der Waals surface area contributed by atoms with Crippen LogP contribution in [0.5, 0.6) is 0 Å². The molecule has 0 aliphatic carbocycles. The predicted octanol–water partition coefficient (Wildman–Crippen LogP) is 2.19. The summed E-state index contributed by atoms with van der Waals surface area (Å²) in [6.07, 6.45) is 2.48. The van der Waals surface area contributed by atoms with Crippen LogP contribution in [0.2, 0.25) is 0 Å². The van der Waals surface area contributed by atoms with Crippen molar-refractivity contribution >= 4 is 11.9 Å². The number of nitrogens with zero attached hydrogens (tertiary/aromatic N) is 1. The molecule has 0 rings (SSSR count). The van der Waals surface area contributed by atoms with E-state index in [1.807, 2.05) is 0 Å². The third-order valence-electron chi connectivity index (χ3n) is 3.59. The average molecular weight is 300 g/mol. The number of carbonyl (C=O) groups excluding carboxylic acids is 2. The van der Waals surface area contributed by atoms with E-state index >= 15 is 0 Å². The molecule has 0 fully saturated rings. The number of carbonyl (C=O) groups is 2. The zero-order valence-corrected chi connectivity index (χ0v) is 14.3. The van der Waals surface area contributed by atoms with E-state index in [2.05, 4.69) is 32.4 Å². The number of amides is 1. The Morgan fingerprint density at radius 3 is 2.29 bits per heavy atom. The van der Waals surface area contributed by atoms with Gasteiger partial charge in [-0.25, -0.2) is 0 Å². The van der Waals surface area contributed by atoms with E-state index in [9.17, 15) is 9.59 Å². The van der Waals surface area contributed by atoms with Gasteiger partial charge in [0.2, 0.25) is 5.91 Å². The molecular weight excluding hydrogens is 268 g/mol. The number of rotatable bonds is 10. The van der Waals surface area contributed by atoms with Crippen molar-refractivity contribution in [3.8, 4) is 0 Å². The van der Waals surface area contributed by atoms with Gasteiger partial charge in [0.05, 0.1) is 13.5 Å². The normalized spacial score (nSPS) is 11.6. The maximum atomic E-state index is 12.4. The van der Waals surface area contributed by atoms with Crippen LogP contribution in [0.15, 0.2) is 0 Å². The minimum absolute atomic E-state index is 0.0796. The molecule has 0 spiro atoms. The second-order valence-electron chi connectivity index (χ2n) is 6.76. The van der Waals surface area contributed by atoms with Crippen LogP contribution in [0.1, 0.15) is 53.4 Å². The second kappa shape index (κ2) is 9.77. The molecule has 0 aliphatic heterocycles. The van der Waals surface area contributed by atoms with E-state index in [-0.39, 0.29) is 23.7 Å². The van der Waals surface area contributed by atoms with Gasteiger partial charge >= 0.3 is 5.97 Å². The zero-order valence-electron chi connectivity index (χ0n) is 14.3. The quantitative estimate of drug-likeness (QED) is 0.628. The molecular formula is C16H32N2O3. The highest BCUT2D eigenvalue weighted by Crippen LogP contribution is 2.26. The molecule has 1 amide bonds. The first-order valence-corrected chi connectivity index (χ1v) is 7.76. The van der Waals surface area contributed by atoms with Gasteiger partial charge in [0.25, 0.3) is 0 Å². The Labute approximate surface area is 129 Å². The summed E-state index contributed by atoms with van der Waals surface area (Å²) in [7, 11) is 1.37. The summed E-state index contributed by atoms with van der Waals surface area (Å²) in [5, 5.41) is 0. The van der Waals surface area contributed by atoms with Gasteiger partial charge in [-0.3, -0.25) is 9.59 Å². The van der Waals surface area contributed by atoms with Gasteiger partial charge in [0.15, 0.2) is 0 Å². The highest BCUT2D eigenvalue weighted by Gasteiger charge is 2.22. The average Bonchev–Trinajstić information content (AvgIpc) is 2.40. The summed E-state index contributed by atoms with van der Waals surface area (Å²) in [5.41, 5.74) is 5.68. The van der Waals surface area contributed by atoms with Crippen LogP contribution in [-0.2, 0) is 14.3 Å². The summed E-state index contributed by atoms with van der Waals surface area (Å²) in [6, 6.07) is 0. The van der Waals surface area contributed by atoms with E-state index in [4.69, 9.17) is 5.73 Å². The van der Waals surface area contributed by atoms with Gasteiger partial charge in [-0.2, -0.15) is 0 Å². The fourth-order valence-corrected chi connectivity index (χ4v) is 2.21. The van der Waals surface area contributed by atoms with Crippen molar-refractivity contribution in [3.05, 3.63) is 0 Å². The Kier molecular flexibility index (Phi) is 9.26. The lowest BCUT2D eigenvalue weighted by molar-refractivity contribution is -0.142. The van der Waals surface area contributed by atoms with Crippen molar-refractivity contribution in [2.45, 2.75) is 53.4 Å².